The molecule has 0 unspecified atom stereocenters. The van der Waals surface area contributed by atoms with E-state index in [0.29, 0.717) is 0 Å². The standard InChI is InChI=1S/C20H27N3O6S/c1-14(24)13-29-18-11-16(30(27,28)21(2)3)9-10-17(18)22-12-19(25)23(20(22)26)15-7-5-4-6-8-15/h9-11,15H,4-8,12-13H2,1-3H3. The number of nitrogens with zero attached hydrogens (tertiary/aromatic N) is 3. The molecular weight excluding hydrogens is 410 g/mol. The Bertz CT molecular complexity index is 953. The fourth-order valence-electron chi connectivity index (χ4n) is 3.79. The molecule has 0 atom stereocenters. The molecule has 1 aliphatic carbocycles. The molecule has 3 rings (SSSR count). The van der Waals surface area contributed by atoms with Crippen LogP contribution >= 0.6 is 0 Å². The number of rotatable bonds is 7. The van der Waals surface area contributed by atoms with Gasteiger partial charge in [0.1, 0.15) is 18.9 Å². The first kappa shape index (κ1) is 22.2. The Balaban J connectivity index is 1.96. The predicted octanol–water partition coefficient (Wildman–Crippen LogP) is 2.01. The average molecular weight is 438 g/mol. The maximum Gasteiger partial charge on any atom is 0.332 e. The number of benzene rings is 1. The van der Waals surface area contributed by atoms with Gasteiger partial charge in [-0.25, -0.2) is 17.5 Å². The average Bonchev–Trinajstić information content (AvgIpc) is 3.00. The highest BCUT2D eigenvalue weighted by Crippen LogP contribution is 2.36. The molecule has 3 amide bonds. The minimum absolute atomic E-state index is 0.0306. The first-order valence-corrected chi connectivity index (χ1v) is 11.4. The third-order valence-electron chi connectivity index (χ3n) is 5.37. The van der Waals surface area contributed by atoms with Crippen LogP contribution in [0.15, 0.2) is 23.1 Å². The van der Waals surface area contributed by atoms with E-state index in [1.54, 1.807) is 0 Å². The van der Waals surface area contributed by atoms with Gasteiger partial charge in [-0.15, -0.1) is 0 Å². The first-order valence-electron chi connectivity index (χ1n) is 9.95. The summed E-state index contributed by atoms with van der Waals surface area (Å²) in [6.45, 7) is 0.918. The van der Waals surface area contributed by atoms with Gasteiger partial charge >= 0.3 is 6.03 Å². The molecule has 2 aliphatic rings. The number of urea groups is 1. The van der Waals surface area contributed by atoms with E-state index in [4.69, 9.17) is 4.74 Å². The molecule has 2 fully saturated rings. The lowest BCUT2D eigenvalue weighted by Gasteiger charge is -2.29. The third kappa shape index (κ3) is 4.34. The zero-order chi connectivity index (χ0) is 22.1. The van der Waals surface area contributed by atoms with Gasteiger partial charge in [0.25, 0.3) is 5.91 Å². The van der Waals surface area contributed by atoms with Crippen LogP contribution in [0.3, 0.4) is 0 Å². The third-order valence-corrected chi connectivity index (χ3v) is 7.18. The Morgan fingerprint density at radius 2 is 1.83 bits per heavy atom. The zero-order valence-corrected chi connectivity index (χ0v) is 18.3. The number of hydrogen-bond acceptors (Lipinski definition) is 6. The minimum Gasteiger partial charge on any atom is -0.484 e. The number of carbonyl (C=O) groups excluding carboxylic acids is 3. The summed E-state index contributed by atoms with van der Waals surface area (Å²) in [6, 6.07) is 3.55. The molecule has 1 aromatic rings. The van der Waals surface area contributed by atoms with E-state index < -0.39 is 16.1 Å². The molecule has 1 aromatic carbocycles. The van der Waals surface area contributed by atoms with Crippen LogP contribution in [0.4, 0.5) is 10.5 Å². The van der Waals surface area contributed by atoms with Crippen molar-refractivity contribution >= 4 is 33.4 Å². The van der Waals surface area contributed by atoms with Gasteiger partial charge in [0.05, 0.1) is 10.6 Å². The van der Waals surface area contributed by atoms with Crippen molar-refractivity contribution in [2.45, 2.75) is 50.0 Å². The van der Waals surface area contributed by atoms with Crippen LogP contribution in [0, 0.1) is 0 Å². The van der Waals surface area contributed by atoms with Gasteiger partial charge in [0, 0.05) is 26.2 Å². The van der Waals surface area contributed by atoms with Gasteiger partial charge in [-0.2, -0.15) is 0 Å². The highest BCUT2D eigenvalue weighted by Gasteiger charge is 2.42. The Kier molecular flexibility index (Phi) is 6.47. The van der Waals surface area contributed by atoms with E-state index in [9.17, 15) is 22.8 Å². The molecular formula is C20H27N3O6S. The molecule has 0 aromatic heterocycles. The Hall–Kier alpha value is -2.46. The monoisotopic (exact) mass is 437 g/mol. The lowest BCUT2D eigenvalue weighted by atomic mass is 9.94. The summed E-state index contributed by atoms with van der Waals surface area (Å²) in [4.78, 5) is 39.7. The Labute approximate surface area is 176 Å². The van der Waals surface area contributed by atoms with Crippen LogP contribution in [0.2, 0.25) is 0 Å². The molecule has 1 aliphatic heterocycles. The van der Waals surface area contributed by atoms with Crippen molar-refractivity contribution in [3.8, 4) is 5.75 Å². The molecule has 0 bridgehead atoms. The molecule has 10 heteroatoms. The molecule has 0 radical (unpaired) electrons. The number of carbonyl (C=O) groups is 3. The normalized spacial score (nSPS) is 18.4. The molecule has 164 valence electrons. The smallest absolute Gasteiger partial charge is 0.332 e. The van der Waals surface area contributed by atoms with E-state index >= 15 is 0 Å². The lowest BCUT2D eigenvalue weighted by molar-refractivity contribution is -0.127. The molecule has 9 nitrogen and oxygen atoms in total. The number of anilines is 1. The van der Waals surface area contributed by atoms with Crippen LogP contribution in [-0.2, 0) is 19.6 Å². The summed E-state index contributed by atoms with van der Waals surface area (Å²) in [5.74, 6) is -0.469. The molecule has 1 saturated carbocycles. The van der Waals surface area contributed by atoms with E-state index in [0.717, 1.165) is 36.4 Å². The Morgan fingerprint density at radius 1 is 1.17 bits per heavy atom. The molecule has 1 saturated heterocycles. The molecule has 1 heterocycles. The molecule has 30 heavy (non-hydrogen) atoms. The number of sulfonamides is 1. The van der Waals surface area contributed by atoms with Gasteiger partial charge in [0.15, 0.2) is 5.78 Å². The zero-order valence-electron chi connectivity index (χ0n) is 17.5. The number of amides is 3. The fraction of sp³-hybridized carbons (Fsp3) is 0.550. The first-order chi connectivity index (χ1) is 14.1. The van der Waals surface area contributed by atoms with Crippen LogP contribution < -0.4 is 9.64 Å². The van der Waals surface area contributed by atoms with Gasteiger partial charge in [-0.3, -0.25) is 19.4 Å². The summed E-state index contributed by atoms with van der Waals surface area (Å²) < 4.78 is 31.6. The minimum atomic E-state index is -3.74. The fourth-order valence-corrected chi connectivity index (χ4v) is 4.70. The predicted molar refractivity (Wildman–Crippen MR) is 110 cm³/mol. The number of ether oxygens (including phenoxy) is 1. The number of imide groups is 1. The van der Waals surface area contributed by atoms with Crippen LogP contribution in [0.5, 0.6) is 5.75 Å². The van der Waals surface area contributed by atoms with Gasteiger partial charge in [-0.05, 0) is 31.9 Å². The van der Waals surface area contributed by atoms with E-state index in [2.05, 4.69) is 0 Å². The van der Waals surface area contributed by atoms with Gasteiger partial charge in [-0.1, -0.05) is 19.3 Å². The van der Waals surface area contributed by atoms with Crippen molar-refractivity contribution in [2.24, 2.45) is 0 Å². The quantitative estimate of drug-likeness (QED) is 0.605. The SMILES string of the molecule is CC(=O)COc1cc(S(=O)(=O)N(C)C)ccc1N1CC(=O)N(C2CCCCC2)C1=O. The second-order valence-electron chi connectivity index (χ2n) is 7.83. The second-order valence-corrected chi connectivity index (χ2v) is 9.98. The highest BCUT2D eigenvalue weighted by atomic mass is 32.2. The van der Waals surface area contributed by atoms with Crippen LogP contribution in [-0.4, -0.2) is 68.6 Å². The van der Waals surface area contributed by atoms with E-state index in [1.807, 2.05) is 0 Å². The van der Waals surface area contributed by atoms with Crippen molar-refractivity contribution in [3.63, 3.8) is 0 Å². The maximum atomic E-state index is 13.1. The number of hydrogen-bond donors (Lipinski definition) is 0. The van der Waals surface area contributed by atoms with Crippen molar-refractivity contribution in [3.05, 3.63) is 18.2 Å². The Morgan fingerprint density at radius 3 is 2.43 bits per heavy atom. The van der Waals surface area contributed by atoms with Crippen molar-refractivity contribution < 1.29 is 27.5 Å². The topological polar surface area (TPSA) is 104 Å². The number of ketones is 1. The van der Waals surface area contributed by atoms with Gasteiger partial charge in [0.2, 0.25) is 10.0 Å². The van der Waals surface area contributed by atoms with Gasteiger partial charge < -0.3 is 4.74 Å². The summed E-state index contributed by atoms with van der Waals surface area (Å²) in [5, 5.41) is 0. The van der Waals surface area contributed by atoms with Crippen molar-refractivity contribution in [1.29, 1.82) is 0 Å². The van der Waals surface area contributed by atoms with E-state index in [-0.39, 0.29) is 47.2 Å². The van der Waals surface area contributed by atoms with Crippen molar-refractivity contribution in [2.75, 3.05) is 32.1 Å². The summed E-state index contributed by atoms with van der Waals surface area (Å²) >= 11 is 0. The molecule has 0 spiro atoms. The van der Waals surface area contributed by atoms with Crippen molar-refractivity contribution in [1.82, 2.24) is 9.21 Å². The van der Waals surface area contributed by atoms with Crippen LogP contribution in [0.25, 0.3) is 0 Å². The number of Topliss-reactive ketones (excluding diaryl/α,β-unsaturated/α-hetero) is 1. The van der Waals surface area contributed by atoms with Crippen LogP contribution in [0.1, 0.15) is 39.0 Å². The second kappa shape index (κ2) is 8.73. The lowest BCUT2D eigenvalue weighted by Crippen LogP contribution is -2.42. The molecule has 0 N–H and O–H groups in total. The highest BCUT2D eigenvalue weighted by molar-refractivity contribution is 7.89. The summed E-state index contributed by atoms with van der Waals surface area (Å²) in [7, 11) is -0.929. The largest absolute Gasteiger partial charge is 0.484 e. The maximum absolute atomic E-state index is 13.1. The summed E-state index contributed by atoms with van der Waals surface area (Å²) in [5.41, 5.74) is 0.269. The van der Waals surface area contributed by atoms with E-state index in [1.165, 1.54) is 49.0 Å². The summed E-state index contributed by atoms with van der Waals surface area (Å²) in [6.07, 6.45) is 4.64.